The van der Waals surface area contributed by atoms with Crippen molar-refractivity contribution in [2.75, 3.05) is 11.9 Å². The van der Waals surface area contributed by atoms with Gasteiger partial charge in [-0.2, -0.15) is 5.26 Å². The number of hydrogen-bond acceptors (Lipinski definition) is 3. The van der Waals surface area contributed by atoms with Crippen molar-refractivity contribution in [2.45, 2.75) is 32.9 Å². The Kier molecular flexibility index (Phi) is 7.24. The molecule has 0 spiro atoms. The van der Waals surface area contributed by atoms with Crippen molar-refractivity contribution >= 4 is 23.0 Å². The molecule has 0 aliphatic heterocycles. The smallest absolute Gasteiger partial charge is 0.173 e. The molecule has 0 aliphatic carbocycles. The second-order valence-electron chi connectivity index (χ2n) is 5.94. The maximum absolute atomic E-state index is 8.92. The molecular weight excluding hydrogens is 330 g/mol. The predicted molar refractivity (Wildman–Crippen MR) is 106 cm³/mol. The highest BCUT2D eigenvalue weighted by Crippen LogP contribution is 2.16. The van der Waals surface area contributed by atoms with Gasteiger partial charge in [0, 0.05) is 18.8 Å². The first-order chi connectivity index (χ1) is 12.1. The van der Waals surface area contributed by atoms with Gasteiger partial charge < -0.3 is 15.0 Å². The van der Waals surface area contributed by atoms with E-state index in [0.717, 1.165) is 17.0 Å². The molecule has 0 atom stereocenters. The Bertz CT molecular complexity index is 708. The minimum Gasteiger partial charge on any atom is -0.491 e. The van der Waals surface area contributed by atoms with Crippen molar-refractivity contribution in [3.63, 3.8) is 0 Å². The summed E-state index contributed by atoms with van der Waals surface area (Å²) >= 11 is 5.53. The molecule has 130 valence electrons. The fourth-order valence-electron chi connectivity index (χ4n) is 2.33. The first kappa shape index (κ1) is 18.8. The second kappa shape index (κ2) is 9.65. The molecule has 2 rings (SSSR count). The largest absolute Gasteiger partial charge is 0.491 e. The summed E-state index contributed by atoms with van der Waals surface area (Å²) in [7, 11) is 0. The predicted octanol–water partition coefficient (Wildman–Crippen LogP) is 4.59. The molecule has 5 heteroatoms. The van der Waals surface area contributed by atoms with Crippen molar-refractivity contribution < 1.29 is 4.74 Å². The number of ether oxygens (including phenoxy) is 1. The van der Waals surface area contributed by atoms with Gasteiger partial charge in [0.1, 0.15) is 5.75 Å². The van der Waals surface area contributed by atoms with Gasteiger partial charge in [-0.05, 0) is 55.9 Å². The minimum absolute atomic E-state index is 0.153. The highest BCUT2D eigenvalue weighted by atomic mass is 32.1. The van der Waals surface area contributed by atoms with E-state index in [1.165, 1.54) is 0 Å². The van der Waals surface area contributed by atoms with Crippen LogP contribution in [0.2, 0.25) is 0 Å². The zero-order valence-electron chi connectivity index (χ0n) is 14.6. The van der Waals surface area contributed by atoms with Crippen LogP contribution in [0.25, 0.3) is 0 Å². The fourth-order valence-corrected chi connectivity index (χ4v) is 2.60. The number of nitrogens with zero attached hydrogens (tertiary/aromatic N) is 2. The van der Waals surface area contributed by atoms with Gasteiger partial charge in [-0.25, -0.2) is 0 Å². The molecule has 0 aliphatic rings. The normalized spacial score (nSPS) is 10.2. The zero-order chi connectivity index (χ0) is 18.1. The number of para-hydroxylation sites is 1. The Morgan fingerprint density at radius 1 is 1.16 bits per heavy atom. The molecule has 2 aromatic carbocycles. The second-order valence-corrected chi connectivity index (χ2v) is 6.32. The summed E-state index contributed by atoms with van der Waals surface area (Å²) in [5, 5.41) is 12.8. The zero-order valence-corrected chi connectivity index (χ0v) is 15.4. The Morgan fingerprint density at radius 3 is 2.44 bits per heavy atom. The fraction of sp³-hybridized carbons (Fsp3) is 0.300. The van der Waals surface area contributed by atoms with Crippen LogP contribution in [0.1, 0.15) is 25.8 Å². The van der Waals surface area contributed by atoms with Crippen LogP contribution >= 0.6 is 12.2 Å². The molecular formula is C20H23N3OS. The van der Waals surface area contributed by atoms with Crippen LogP contribution in [-0.2, 0) is 6.54 Å². The van der Waals surface area contributed by atoms with Gasteiger partial charge in [-0.15, -0.1) is 0 Å². The number of rotatable bonds is 7. The molecule has 0 radical (unpaired) electrons. The van der Waals surface area contributed by atoms with E-state index in [2.05, 4.69) is 11.4 Å². The van der Waals surface area contributed by atoms with E-state index >= 15 is 0 Å². The number of nitriles is 1. The van der Waals surface area contributed by atoms with Crippen LogP contribution in [0.15, 0.2) is 54.6 Å². The lowest BCUT2D eigenvalue weighted by Gasteiger charge is -2.25. The first-order valence-corrected chi connectivity index (χ1v) is 8.73. The number of thiocarbonyl (C=S) groups is 1. The minimum atomic E-state index is 0.153. The van der Waals surface area contributed by atoms with E-state index in [9.17, 15) is 0 Å². The average Bonchev–Trinajstić information content (AvgIpc) is 2.60. The number of hydrogen-bond donors (Lipinski definition) is 1. The van der Waals surface area contributed by atoms with E-state index in [1.807, 2.05) is 73.3 Å². The quantitative estimate of drug-likeness (QED) is 0.738. The van der Waals surface area contributed by atoms with Crippen molar-refractivity contribution in [1.29, 1.82) is 5.26 Å². The number of nitrogens with one attached hydrogen (secondary N) is 1. The molecule has 0 saturated carbocycles. The highest BCUT2D eigenvalue weighted by Gasteiger charge is 2.11. The first-order valence-electron chi connectivity index (χ1n) is 8.32. The molecule has 25 heavy (non-hydrogen) atoms. The van der Waals surface area contributed by atoms with E-state index in [-0.39, 0.29) is 6.10 Å². The van der Waals surface area contributed by atoms with Crippen LogP contribution in [-0.4, -0.2) is 22.7 Å². The lowest BCUT2D eigenvalue weighted by molar-refractivity contribution is 0.242. The topological polar surface area (TPSA) is 48.3 Å². The lowest BCUT2D eigenvalue weighted by Crippen LogP contribution is -2.35. The van der Waals surface area contributed by atoms with Gasteiger partial charge in [-0.1, -0.05) is 30.3 Å². The summed E-state index contributed by atoms with van der Waals surface area (Å²) in [6, 6.07) is 20.0. The van der Waals surface area contributed by atoms with Crippen molar-refractivity contribution in [1.82, 2.24) is 4.90 Å². The van der Waals surface area contributed by atoms with E-state index < -0.39 is 0 Å². The van der Waals surface area contributed by atoms with Gasteiger partial charge in [0.05, 0.1) is 18.6 Å². The van der Waals surface area contributed by atoms with Crippen LogP contribution in [0.4, 0.5) is 5.69 Å². The Balaban J connectivity index is 2.03. The summed E-state index contributed by atoms with van der Waals surface area (Å²) in [6.07, 6.45) is 0.575. The van der Waals surface area contributed by atoms with E-state index in [0.29, 0.717) is 24.6 Å². The van der Waals surface area contributed by atoms with Crippen LogP contribution < -0.4 is 10.1 Å². The Morgan fingerprint density at radius 2 is 1.84 bits per heavy atom. The third kappa shape index (κ3) is 6.44. The van der Waals surface area contributed by atoms with E-state index in [4.69, 9.17) is 22.2 Å². The summed E-state index contributed by atoms with van der Waals surface area (Å²) in [4.78, 5) is 2.00. The number of anilines is 1. The maximum Gasteiger partial charge on any atom is 0.173 e. The molecule has 0 aromatic heterocycles. The summed E-state index contributed by atoms with van der Waals surface area (Å²) in [5.74, 6) is 0.854. The maximum atomic E-state index is 8.92. The SMILES string of the molecule is CC(C)Oc1ccc(CN(CCC#N)C(=S)Nc2ccccc2)cc1. The molecule has 0 amide bonds. The molecule has 0 bridgehead atoms. The lowest BCUT2D eigenvalue weighted by atomic mass is 10.2. The summed E-state index contributed by atoms with van der Waals surface area (Å²) < 4.78 is 5.67. The van der Waals surface area contributed by atoms with Gasteiger partial charge >= 0.3 is 0 Å². The molecule has 0 fully saturated rings. The Hall–Kier alpha value is -2.58. The van der Waals surface area contributed by atoms with Crippen LogP contribution in [0.5, 0.6) is 5.75 Å². The highest BCUT2D eigenvalue weighted by molar-refractivity contribution is 7.80. The van der Waals surface area contributed by atoms with Gasteiger partial charge in [-0.3, -0.25) is 0 Å². The van der Waals surface area contributed by atoms with Crippen molar-refractivity contribution in [3.8, 4) is 11.8 Å². The standard InChI is InChI=1S/C20H23N3OS/c1-16(2)24-19-11-9-17(10-12-19)15-23(14-6-13-21)20(25)22-18-7-4-3-5-8-18/h3-5,7-12,16H,6,14-15H2,1-2H3,(H,22,25). The third-order valence-electron chi connectivity index (χ3n) is 3.47. The van der Waals surface area contributed by atoms with Crippen molar-refractivity contribution in [3.05, 3.63) is 60.2 Å². The van der Waals surface area contributed by atoms with Crippen LogP contribution in [0.3, 0.4) is 0 Å². The van der Waals surface area contributed by atoms with Crippen molar-refractivity contribution in [2.24, 2.45) is 0 Å². The molecule has 0 unspecified atom stereocenters. The average molecular weight is 353 g/mol. The molecule has 1 N–H and O–H groups in total. The van der Waals surface area contributed by atoms with Crippen LogP contribution in [0, 0.1) is 11.3 Å². The summed E-state index contributed by atoms with van der Waals surface area (Å²) in [5.41, 5.74) is 2.06. The van der Waals surface area contributed by atoms with Gasteiger partial charge in [0.25, 0.3) is 0 Å². The monoisotopic (exact) mass is 353 g/mol. The molecule has 2 aromatic rings. The molecule has 0 heterocycles. The molecule has 0 saturated heterocycles. The van der Waals surface area contributed by atoms with E-state index in [1.54, 1.807) is 0 Å². The number of benzene rings is 2. The summed E-state index contributed by atoms with van der Waals surface area (Å²) in [6.45, 7) is 5.23. The van der Waals surface area contributed by atoms with Gasteiger partial charge in [0.2, 0.25) is 0 Å². The third-order valence-corrected chi connectivity index (χ3v) is 3.83. The Labute approximate surface area is 155 Å². The molecule has 4 nitrogen and oxygen atoms in total. The van der Waals surface area contributed by atoms with Gasteiger partial charge in [0.15, 0.2) is 5.11 Å².